The summed E-state index contributed by atoms with van der Waals surface area (Å²) in [6.07, 6.45) is 26.0. The molecule has 294 valence electrons. The van der Waals surface area contributed by atoms with Crippen molar-refractivity contribution in [1.29, 1.82) is 0 Å². The summed E-state index contributed by atoms with van der Waals surface area (Å²) >= 11 is 0. The van der Waals surface area contributed by atoms with Crippen LogP contribution in [-0.2, 0) is 0 Å². The monoisotopic (exact) mass is 723 g/mol. The summed E-state index contributed by atoms with van der Waals surface area (Å²) in [5.74, 6) is 1.37. The Balaban J connectivity index is 1.54. The van der Waals surface area contributed by atoms with Crippen molar-refractivity contribution in [2.24, 2.45) is 5.73 Å². The summed E-state index contributed by atoms with van der Waals surface area (Å²) in [6, 6.07) is 14.7. The normalized spacial score (nSPS) is 11.2. The first-order valence-electron chi connectivity index (χ1n) is 21.0. The van der Waals surface area contributed by atoms with E-state index in [1.165, 1.54) is 116 Å². The zero-order valence-corrected chi connectivity index (χ0v) is 33.1. The molecule has 0 radical (unpaired) electrons. The molecule has 2 aromatic carbocycles. The van der Waals surface area contributed by atoms with Gasteiger partial charge in [0, 0.05) is 50.4 Å². The van der Waals surface area contributed by atoms with Crippen LogP contribution >= 0.6 is 0 Å². The zero-order chi connectivity index (χ0) is 37.3. The van der Waals surface area contributed by atoms with Gasteiger partial charge in [0.2, 0.25) is 0 Å². The number of unbranched alkanes of at least 4 members (excludes halogenated alkanes) is 18. The number of nitrogens with two attached hydrogens (primary N) is 1. The van der Waals surface area contributed by atoms with E-state index in [1.54, 1.807) is 0 Å². The Morgan fingerprint density at radius 2 is 0.827 bits per heavy atom. The molecule has 8 heteroatoms. The van der Waals surface area contributed by atoms with Crippen molar-refractivity contribution in [3.05, 3.63) is 59.7 Å². The molecule has 0 aliphatic heterocycles. The van der Waals surface area contributed by atoms with Crippen LogP contribution in [-0.4, -0.2) is 69.2 Å². The molecule has 0 heterocycles. The molecule has 0 unspecified atom stereocenters. The number of hydrogen-bond acceptors (Lipinski definition) is 6. The van der Waals surface area contributed by atoms with Gasteiger partial charge in [0.1, 0.15) is 11.5 Å². The molecule has 0 atom stereocenters. The van der Waals surface area contributed by atoms with Crippen LogP contribution in [0.25, 0.3) is 0 Å². The molecular formula is C44H74N4O4. The first-order chi connectivity index (χ1) is 25.6. The molecule has 0 saturated heterocycles. The van der Waals surface area contributed by atoms with Crippen LogP contribution in [0.15, 0.2) is 48.5 Å². The van der Waals surface area contributed by atoms with Crippen molar-refractivity contribution in [1.82, 2.24) is 15.5 Å². The highest BCUT2D eigenvalue weighted by Crippen LogP contribution is 2.16. The smallest absolute Gasteiger partial charge is 0.251 e. The van der Waals surface area contributed by atoms with Crippen molar-refractivity contribution >= 4 is 11.8 Å². The number of ether oxygens (including phenoxy) is 2. The van der Waals surface area contributed by atoms with Crippen LogP contribution in [0.5, 0.6) is 11.5 Å². The quantitative estimate of drug-likeness (QED) is 0.0622. The molecule has 0 aliphatic carbocycles. The fourth-order valence-corrected chi connectivity index (χ4v) is 6.34. The van der Waals surface area contributed by atoms with Gasteiger partial charge in [-0.2, -0.15) is 0 Å². The standard InChI is InChI=1S/C44H74N4O4/c1-3-5-7-9-11-13-15-17-19-21-37-51-41-27-23-39(24-28-41)43(49)46-32-35-48(34-31-45)36-33-47-44(50)40-25-29-42(30-26-40)52-38-22-20-18-16-14-12-10-8-6-4-2/h23-30H,3-22,31-38,45H2,1-2H3,(H,46,49)(H,47,50). The molecule has 0 bridgehead atoms. The second-order valence-corrected chi connectivity index (χ2v) is 14.3. The number of rotatable bonds is 34. The van der Waals surface area contributed by atoms with E-state index in [0.29, 0.717) is 63.6 Å². The molecular weight excluding hydrogens is 649 g/mol. The number of carbonyl (C=O) groups excluding carboxylic acids is 2. The number of amides is 2. The van der Waals surface area contributed by atoms with E-state index < -0.39 is 0 Å². The van der Waals surface area contributed by atoms with E-state index in [2.05, 4.69) is 29.4 Å². The van der Waals surface area contributed by atoms with E-state index in [1.807, 2.05) is 48.5 Å². The second-order valence-electron chi connectivity index (χ2n) is 14.3. The van der Waals surface area contributed by atoms with Crippen LogP contribution in [0.2, 0.25) is 0 Å². The third-order valence-electron chi connectivity index (χ3n) is 9.64. The van der Waals surface area contributed by atoms with Crippen LogP contribution in [0.3, 0.4) is 0 Å². The summed E-state index contributed by atoms with van der Waals surface area (Å²) in [5.41, 5.74) is 7.06. The van der Waals surface area contributed by atoms with Gasteiger partial charge in [-0.05, 0) is 61.4 Å². The van der Waals surface area contributed by atoms with E-state index in [-0.39, 0.29) is 11.8 Å². The average Bonchev–Trinajstić information content (AvgIpc) is 3.16. The van der Waals surface area contributed by atoms with E-state index in [0.717, 1.165) is 24.3 Å². The van der Waals surface area contributed by atoms with Gasteiger partial charge < -0.3 is 25.8 Å². The second kappa shape index (κ2) is 31.4. The Labute approximate surface area is 317 Å². The van der Waals surface area contributed by atoms with Gasteiger partial charge in [0.25, 0.3) is 11.8 Å². The summed E-state index contributed by atoms with van der Waals surface area (Å²) < 4.78 is 11.8. The molecule has 2 amide bonds. The summed E-state index contributed by atoms with van der Waals surface area (Å²) in [5, 5.41) is 6.01. The highest BCUT2D eigenvalue weighted by molar-refractivity contribution is 5.94. The van der Waals surface area contributed by atoms with E-state index in [4.69, 9.17) is 15.2 Å². The summed E-state index contributed by atoms with van der Waals surface area (Å²) in [7, 11) is 0. The molecule has 0 aromatic heterocycles. The number of benzene rings is 2. The Morgan fingerprint density at radius 1 is 0.500 bits per heavy atom. The minimum Gasteiger partial charge on any atom is -0.494 e. The maximum Gasteiger partial charge on any atom is 0.251 e. The zero-order valence-electron chi connectivity index (χ0n) is 33.1. The molecule has 2 aromatic rings. The highest BCUT2D eigenvalue weighted by atomic mass is 16.5. The lowest BCUT2D eigenvalue weighted by molar-refractivity contribution is 0.0948. The van der Waals surface area contributed by atoms with E-state index in [9.17, 15) is 9.59 Å². The van der Waals surface area contributed by atoms with Crippen molar-refractivity contribution in [3.63, 3.8) is 0 Å². The van der Waals surface area contributed by atoms with Gasteiger partial charge in [0.15, 0.2) is 0 Å². The fraction of sp³-hybridized carbons (Fsp3) is 0.682. The first kappa shape index (κ1) is 45.1. The Bertz CT molecular complexity index is 1050. The van der Waals surface area contributed by atoms with Crippen LogP contribution in [0.4, 0.5) is 0 Å². The van der Waals surface area contributed by atoms with Crippen LogP contribution in [0, 0.1) is 0 Å². The molecule has 2 rings (SSSR count). The first-order valence-corrected chi connectivity index (χ1v) is 21.0. The van der Waals surface area contributed by atoms with Gasteiger partial charge in [-0.15, -0.1) is 0 Å². The summed E-state index contributed by atoms with van der Waals surface area (Å²) in [4.78, 5) is 27.6. The molecule has 0 saturated carbocycles. The van der Waals surface area contributed by atoms with Crippen molar-refractivity contribution < 1.29 is 19.1 Å². The minimum absolute atomic E-state index is 0.113. The lowest BCUT2D eigenvalue weighted by atomic mass is 10.1. The predicted molar refractivity (Wildman–Crippen MR) is 218 cm³/mol. The number of nitrogens with zero attached hydrogens (tertiary/aromatic N) is 1. The van der Waals surface area contributed by atoms with Gasteiger partial charge in [0.05, 0.1) is 13.2 Å². The lowest BCUT2D eigenvalue weighted by Crippen LogP contribution is -2.41. The van der Waals surface area contributed by atoms with Gasteiger partial charge >= 0.3 is 0 Å². The third kappa shape index (κ3) is 22.8. The van der Waals surface area contributed by atoms with Crippen molar-refractivity contribution in [3.8, 4) is 11.5 Å². The number of hydrogen-bond donors (Lipinski definition) is 3. The van der Waals surface area contributed by atoms with Gasteiger partial charge in [-0.25, -0.2) is 0 Å². The minimum atomic E-state index is -0.113. The molecule has 0 spiro atoms. The van der Waals surface area contributed by atoms with Gasteiger partial charge in [-0.3, -0.25) is 14.5 Å². The topological polar surface area (TPSA) is 106 Å². The summed E-state index contributed by atoms with van der Waals surface area (Å²) in [6.45, 7) is 9.39. The largest absolute Gasteiger partial charge is 0.494 e. The molecule has 0 fully saturated rings. The fourth-order valence-electron chi connectivity index (χ4n) is 6.34. The predicted octanol–water partition coefficient (Wildman–Crippen LogP) is 9.71. The Hall–Kier alpha value is -3.10. The lowest BCUT2D eigenvalue weighted by Gasteiger charge is -2.22. The number of nitrogens with one attached hydrogen (secondary N) is 2. The highest BCUT2D eigenvalue weighted by Gasteiger charge is 2.10. The SMILES string of the molecule is CCCCCCCCCCCCOc1ccc(C(=O)NCCN(CCN)CCNC(=O)c2ccc(OCCCCCCCCCCCC)cc2)cc1. The molecule has 8 nitrogen and oxygen atoms in total. The molecule has 4 N–H and O–H groups in total. The molecule has 52 heavy (non-hydrogen) atoms. The average molecular weight is 723 g/mol. The van der Waals surface area contributed by atoms with Crippen molar-refractivity contribution in [2.75, 3.05) is 52.5 Å². The van der Waals surface area contributed by atoms with Crippen molar-refractivity contribution in [2.45, 2.75) is 142 Å². The Morgan fingerprint density at radius 3 is 1.15 bits per heavy atom. The van der Waals surface area contributed by atoms with Crippen LogP contribution < -0.4 is 25.8 Å². The third-order valence-corrected chi connectivity index (χ3v) is 9.64. The maximum atomic E-state index is 12.7. The van der Waals surface area contributed by atoms with Gasteiger partial charge in [-0.1, -0.05) is 129 Å². The molecule has 0 aliphatic rings. The number of carbonyl (C=O) groups is 2. The maximum absolute atomic E-state index is 12.7. The van der Waals surface area contributed by atoms with E-state index >= 15 is 0 Å². The Kier molecular flexibility index (Phi) is 27.2. The van der Waals surface area contributed by atoms with Crippen LogP contribution in [0.1, 0.15) is 163 Å².